The van der Waals surface area contributed by atoms with E-state index >= 15 is 0 Å². The third-order valence-corrected chi connectivity index (χ3v) is 11.2. The van der Waals surface area contributed by atoms with Crippen molar-refractivity contribution >= 4 is 34.1 Å². The highest BCUT2D eigenvalue weighted by Gasteiger charge is 2.52. The summed E-state index contributed by atoms with van der Waals surface area (Å²) < 4.78 is 49.2. The van der Waals surface area contributed by atoms with E-state index in [9.17, 15) is 38.1 Å². The van der Waals surface area contributed by atoms with E-state index in [4.69, 9.17) is 25.5 Å². The van der Waals surface area contributed by atoms with Crippen LogP contribution in [-0.4, -0.2) is 143 Å². The van der Waals surface area contributed by atoms with Crippen LogP contribution < -0.4 is 22.1 Å². The number of nitrogens with two attached hydrogens (primary N) is 2. The van der Waals surface area contributed by atoms with E-state index in [1.807, 2.05) is 26.0 Å². The molecule has 10 atom stereocenters. The molecule has 0 unspecified atom stereocenters. The number of fused-ring (bicyclic) bond motifs is 1. The largest absolute Gasteiger partial charge is 0.397 e. The standard InChI is InChI=1S/C36H54N6O12S/c1-20(2)14-25(40-33(47)28(43)15-21-6-4-3-5-7-21)34(48)42-26-17-24(53-35-31(45)30(44)29(19-52-35)54-55(49,50)51)9-8-23(26)16-27(42)32(46)39-12-10-22-11-13-41(18-22)36(37)38/h3-7,11,20,23-31,35,43-45H,8-10,12-19H2,1-2H3,(H6,37,38,39,40,46,47,49,50,51)/p+1/t23-,24+,25+,26-,27-,28+,29+,30-,31+,35+/m0/s1. The maximum absolute atomic E-state index is 14.7. The Morgan fingerprint density at radius 3 is 2.47 bits per heavy atom. The predicted octanol–water partition coefficient (Wildman–Crippen LogP) is -1.73. The van der Waals surface area contributed by atoms with E-state index < -0.39 is 83.8 Å². The number of carbonyl (C=O) groups is 3. The van der Waals surface area contributed by atoms with Crippen LogP contribution in [0.2, 0.25) is 0 Å². The van der Waals surface area contributed by atoms with Crippen LogP contribution in [0.3, 0.4) is 0 Å². The van der Waals surface area contributed by atoms with Gasteiger partial charge in [0.1, 0.15) is 36.5 Å². The molecule has 55 heavy (non-hydrogen) atoms. The maximum Gasteiger partial charge on any atom is 0.397 e. The lowest BCUT2D eigenvalue weighted by molar-refractivity contribution is -0.503. The molecule has 2 saturated heterocycles. The fourth-order valence-corrected chi connectivity index (χ4v) is 8.42. The Morgan fingerprint density at radius 2 is 1.82 bits per heavy atom. The highest BCUT2D eigenvalue weighted by Crippen LogP contribution is 2.42. The summed E-state index contributed by atoms with van der Waals surface area (Å²) in [6.45, 7) is 4.73. The minimum atomic E-state index is -4.94. The van der Waals surface area contributed by atoms with Gasteiger partial charge in [0, 0.05) is 19.0 Å². The molecule has 4 aliphatic rings. The molecule has 0 bridgehead atoms. The average molecular weight is 796 g/mol. The van der Waals surface area contributed by atoms with Crippen LogP contribution in [0.4, 0.5) is 0 Å². The number of nitrogens with zero attached hydrogens (tertiary/aromatic N) is 2. The molecule has 1 aromatic carbocycles. The summed E-state index contributed by atoms with van der Waals surface area (Å²) in [5, 5.41) is 37.8. The van der Waals surface area contributed by atoms with Gasteiger partial charge in [-0.1, -0.05) is 44.2 Å². The van der Waals surface area contributed by atoms with Gasteiger partial charge in [0.05, 0.1) is 25.8 Å². The van der Waals surface area contributed by atoms with Gasteiger partial charge in [0.15, 0.2) is 6.29 Å². The number of hydrogen-bond donors (Lipinski definition) is 8. The van der Waals surface area contributed by atoms with E-state index in [0.717, 1.165) is 11.1 Å². The Bertz CT molecular complexity index is 1690. The first-order valence-corrected chi connectivity index (χ1v) is 20.1. The number of aliphatic hydroxyl groups excluding tert-OH is 3. The molecule has 1 aromatic rings. The van der Waals surface area contributed by atoms with Crippen LogP contribution in [-0.2, 0) is 44.9 Å². The minimum absolute atomic E-state index is 0.0438. The number of nitrogens with one attached hydrogen (secondary N) is 2. The van der Waals surface area contributed by atoms with Gasteiger partial charge in [-0.2, -0.15) is 8.42 Å². The molecule has 0 aromatic heterocycles. The topological polar surface area (TPSA) is 276 Å². The van der Waals surface area contributed by atoms with E-state index in [1.165, 1.54) is 4.90 Å². The van der Waals surface area contributed by atoms with Crippen LogP contribution in [0.25, 0.3) is 0 Å². The number of hydrogen-bond acceptors (Lipinski definition) is 11. The summed E-state index contributed by atoms with van der Waals surface area (Å²) in [7, 11) is -4.94. The smallest absolute Gasteiger partial charge is 0.387 e. The van der Waals surface area contributed by atoms with Crippen LogP contribution in [0.15, 0.2) is 42.0 Å². The molecule has 0 radical (unpaired) electrons. The van der Waals surface area contributed by atoms with Gasteiger partial charge in [0.2, 0.25) is 17.7 Å². The molecule has 3 amide bonds. The molecule has 3 heterocycles. The van der Waals surface area contributed by atoms with E-state index in [-0.39, 0.29) is 43.0 Å². The second-order valence-corrected chi connectivity index (χ2v) is 16.3. The number of likely N-dealkylation sites (tertiary alicyclic amines) is 1. The molecular formula is C36H55N6O12S+. The SMILES string of the molecule is CC(C)C[C@@H](NC(=O)[C@H](O)Cc1ccccc1)C(=O)N1[C@H](C(=O)NCCC2=CC[N+](=C(N)N)C2)C[C@@H]2CC[C@@H](O[C@H]3OC[C@@H](OS(=O)(=O)O)[C@H](O)[C@H]3O)C[C@@H]21. The number of rotatable bonds is 15. The van der Waals surface area contributed by atoms with Crippen molar-refractivity contribution in [3.05, 3.63) is 47.5 Å². The quantitative estimate of drug-likeness (QED) is 0.0425. The normalized spacial score (nSPS) is 29.3. The monoisotopic (exact) mass is 795 g/mol. The van der Waals surface area contributed by atoms with Gasteiger partial charge in [-0.15, -0.1) is 0 Å². The first-order valence-electron chi connectivity index (χ1n) is 18.7. The zero-order valence-corrected chi connectivity index (χ0v) is 31.9. The molecular weight excluding hydrogens is 740 g/mol. The van der Waals surface area contributed by atoms with Gasteiger partial charge >= 0.3 is 16.4 Å². The molecule has 306 valence electrons. The fraction of sp³-hybridized carbons (Fsp3) is 0.667. The lowest BCUT2D eigenvalue weighted by atomic mass is 9.82. The summed E-state index contributed by atoms with van der Waals surface area (Å²) in [5.74, 6) is -1.47. The van der Waals surface area contributed by atoms with E-state index in [1.54, 1.807) is 28.8 Å². The van der Waals surface area contributed by atoms with Crippen molar-refractivity contribution in [1.82, 2.24) is 15.5 Å². The number of ether oxygens (including phenoxy) is 2. The van der Waals surface area contributed by atoms with Gasteiger partial charge in [-0.25, -0.2) is 4.18 Å². The summed E-state index contributed by atoms with van der Waals surface area (Å²) >= 11 is 0. The number of benzene rings is 1. The number of aliphatic hydroxyl groups is 3. The molecule has 19 heteroatoms. The lowest BCUT2D eigenvalue weighted by Gasteiger charge is -2.42. The number of guanidine groups is 1. The fourth-order valence-electron chi connectivity index (χ4n) is 7.94. The molecule has 1 saturated carbocycles. The molecule has 1 aliphatic carbocycles. The maximum atomic E-state index is 14.7. The van der Waals surface area contributed by atoms with Crippen molar-refractivity contribution in [1.29, 1.82) is 0 Å². The summed E-state index contributed by atoms with van der Waals surface area (Å²) in [5.41, 5.74) is 13.3. The molecule has 3 aliphatic heterocycles. The predicted molar refractivity (Wildman–Crippen MR) is 196 cm³/mol. The van der Waals surface area contributed by atoms with Crippen molar-refractivity contribution in [3.8, 4) is 0 Å². The summed E-state index contributed by atoms with van der Waals surface area (Å²) in [6, 6.07) is 6.56. The van der Waals surface area contributed by atoms with Crippen molar-refractivity contribution in [3.63, 3.8) is 0 Å². The number of amides is 3. The zero-order chi connectivity index (χ0) is 40.0. The van der Waals surface area contributed by atoms with Gasteiger partial charge < -0.3 is 40.3 Å². The van der Waals surface area contributed by atoms with Crippen molar-refractivity contribution in [2.24, 2.45) is 23.3 Å². The first kappa shape index (κ1) is 42.5. The molecule has 18 nitrogen and oxygen atoms in total. The summed E-state index contributed by atoms with van der Waals surface area (Å²) in [4.78, 5) is 43.5. The molecule has 5 rings (SSSR count). The highest BCUT2D eigenvalue weighted by atomic mass is 32.3. The van der Waals surface area contributed by atoms with Crippen LogP contribution >= 0.6 is 0 Å². The van der Waals surface area contributed by atoms with Crippen molar-refractivity contribution < 1.29 is 60.9 Å². The second kappa shape index (κ2) is 18.5. The van der Waals surface area contributed by atoms with Gasteiger partial charge in [-0.05, 0) is 67.6 Å². The molecule has 10 N–H and O–H groups in total. The highest BCUT2D eigenvalue weighted by molar-refractivity contribution is 7.80. The Balaban J connectivity index is 1.32. The van der Waals surface area contributed by atoms with Crippen molar-refractivity contribution in [2.45, 2.75) is 114 Å². The Morgan fingerprint density at radius 1 is 1.09 bits per heavy atom. The second-order valence-electron chi connectivity index (χ2n) is 15.2. The van der Waals surface area contributed by atoms with Crippen LogP contribution in [0.5, 0.6) is 0 Å². The van der Waals surface area contributed by atoms with Crippen LogP contribution in [0, 0.1) is 11.8 Å². The van der Waals surface area contributed by atoms with E-state index in [2.05, 4.69) is 14.8 Å². The average Bonchev–Trinajstić information content (AvgIpc) is 3.76. The minimum Gasteiger partial charge on any atom is -0.387 e. The Labute approximate surface area is 320 Å². The van der Waals surface area contributed by atoms with E-state index in [0.29, 0.717) is 45.3 Å². The van der Waals surface area contributed by atoms with Crippen molar-refractivity contribution in [2.75, 3.05) is 26.2 Å². The molecule has 3 fully saturated rings. The van der Waals surface area contributed by atoms with Crippen LogP contribution in [0.1, 0.15) is 57.9 Å². The number of carbonyl (C=O) groups excluding carboxylic acids is 3. The Hall–Kier alpha value is -3.69. The van der Waals surface area contributed by atoms with Gasteiger partial charge in [-0.3, -0.25) is 35.0 Å². The Kier molecular flexibility index (Phi) is 14.3. The third kappa shape index (κ3) is 11.2. The summed E-state index contributed by atoms with van der Waals surface area (Å²) in [6.07, 6.45) is -4.03. The third-order valence-electron chi connectivity index (χ3n) is 10.7. The van der Waals surface area contributed by atoms with Gasteiger partial charge in [0.25, 0.3) is 0 Å². The molecule has 0 spiro atoms. The zero-order valence-electron chi connectivity index (χ0n) is 31.1. The lowest BCUT2D eigenvalue weighted by Crippen LogP contribution is -2.59. The first-order chi connectivity index (χ1) is 26.0.